The highest BCUT2D eigenvalue weighted by molar-refractivity contribution is 7.92. The van der Waals surface area contributed by atoms with Gasteiger partial charge in [0.1, 0.15) is 18.3 Å². The van der Waals surface area contributed by atoms with Crippen molar-refractivity contribution in [2.45, 2.75) is 37.8 Å². The highest BCUT2D eigenvalue weighted by Crippen LogP contribution is 2.35. The lowest BCUT2D eigenvalue weighted by Crippen LogP contribution is -2.51. The summed E-state index contributed by atoms with van der Waals surface area (Å²) in [4.78, 5) is 28.2. The fraction of sp³-hybridized carbons (Fsp3) is 0.286. The molecule has 3 rings (SSSR count). The predicted molar refractivity (Wildman–Crippen MR) is 159 cm³/mol. The molecule has 0 spiro atoms. The minimum Gasteiger partial charge on any atom is -0.495 e. The van der Waals surface area contributed by atoms with Crippen molar-refractivity contribution in [2.24, 2.45) is 0 Å². The normalized spacial score (nSPS) is 12.0. The third-order valence-electron chi connectivity index (χ3n) is 6.27. The van der Waals surface area contributed by atoms with Crippen LogP contribution in [0.3, 0.4) is 0 Å². The molecular formula is C28H30Cl3N3O5S. The van der Waals surface area contributed by atoms with Crippen LogP contribution in [-0.4, -0.2) is 51.9 Å². The molecule has 0 aliphatic carbocycles. The molecular weight excluding hydrogens is 597 g/mol. The molecule has 0 heterocycles. The molecule has 0 saturated carbocycles. The highest BCUT2D eigenvalue weighted by atomic mass is 35.5. The van der Waals surface area contributed by atoms with Crippen molar-refractivity contribution < 1.29 is 22.7 Å². The number of amides is 2. The second-order valence-electron chi connectivity index (χ2n) is 8.95. The number of hydrogen-bond donors (Lipinski definition) is 1. The highest BCUT2D eigenvalue weighted by Gasteiger charge is 2.34. The Morgan fingerprint density at radius 3 is 2.23 bits per heavy atom. The SMILES string of the molecule is CCC(C(=O)NC)N(Cc1ccc(Cl)c(Cl)c1)C(=O)CN(c1cc(Cl)ccc1OC)S(=O)(=O)c1ccc(C)cc1. The van der Waals surface area contributed by atoms with E-state index >= 15 is 0 Å². The number of methoxy groups -OCH3 is 1. The van der Waals surface area contributed by atoms with Gasteiger partial charge in [-0.2, -0.15) is 0 Å². The summed E-state index contributed by atoms with van der Waals surface area (Å²) in [6.07, 6.45) is 0.276. The molecule has 0 aromatic heterocycles. The number of halogens is 3. The molecule has 8 nitrogen and oxygen atoms in total. The Bertz CT molecular complexity index is 1480. The molecule has 1 N–H and O–H groups in total. The molecule has 3 aromatic rings. The largest absolute Gasteiger partial charge is 0.495 e. The maximum atomic E-state index is 14.0. The first-order chi connectivity index (χ1) is 18.9. The maximum Gasteiger partial charge on any atom is 0.264 e. The van der Waals surface area contributed by atoms with Crippen molar-refractivity contribution >= 4 is 62.3 Å². The minimum absolute atomic E-state index is 0.0211. The molecule has 40 heavy (non-hydrogen) atoms. The lowest BCUT2D eigenvalue weighted by atomic mass is 10.1. The molecule has 2 amide bonds. The smallest absolute Gasteiger partial charge is 0.264 e. The van der Waals surface area contributed by atoms with Crippen molar-refractivity contribution in [3.63, 3.8) is 0 Å². The summed E-state index contributed by atoms with van der Waals surface area (Å²) in [5.41, 5.74) is 1.55. The number of carbonyl (C=O) groups excluding carboxylic acids is 2. The standard InChI is InChI=1S/C28H30Cl3N3O5S/c1-5-24(28(36)32-3)33(16-19-8-12-22(30)23(31)14-19)27(35)17-34(25-15-20(29)9-13-26(25)39-4)40(37,38)21-10-6-18(2)7-11-21/h6-15,24H,5,16-17H2,1-4H3,(H,32,36). The summed E-state index contributed by atoms with van der Waals surface area (Å²) in [5.74, 6) is -0.828. The summed E-state index contributed by atoms with van der Waals surface area (Å²) in [6.45, 7) is 2.94. The average molecular weight is 627 g/mol. The van der Waals surface area contributed by atoms with E-state index in [2.05, 4.69) is 5.32 Å². The van der Waals surface area contributed by atoms with E-state index in [0.29, 0.717) is 10.6 Å². The lowest BCUT2D eigenvalue weighted by molar-refractivity contribution is -0.140. The fourth-order valence-electron chi connectivity index (χ4n) is 4.13. The van der Waals surface area contributed by atoms with Gasteiger partial charge in [0.05, 0.1) is 27.7 Å². The van der Waals surface area contributed by atoms with Crippen LogP contribution in [0.5, 0.6) is 5.75 Å². The number of carbonyl (C=O) groups is 2. The van der Waals surface area contributed by atoms with Gasteiger partial charge in [-0.05, 0) is 61.4 Å². The summed E-state index contributed by atoms with van der Waals surface area (Å²) >= 11 is 18.5. The fourth-order valence-corrected chi connectivity index (χ4v) is 6.03. The van der Waals surface area contributed by atoms with E-state index in [1.165, 1.54) is 43.3 Å². The van der Waals surface area contributed by atoms with Gasteiger partial charge in [-0.1, -0.05) is 65.5 Å². The van der Waals surface area contributed by atoms with Crippen molar-refractivity contribution in [3.05, 3.63) is 86.9 Å². The number of nitrogens with one attached hydrogen (secondary N) is 1. The number of ether oxygens (including phenoxy) is 1. The van der Waals surface area contributed by atoms with E-state index < -0.39 is 34.4 Å². The Labute approximate surface area is 249 Å². The van der Waals surface area contributed by atoms with E-state index in [1.807, 2.05) is 6.92 Å². The van der Waals surface area contributed by atoms with E-state index in [0.717, 1.165) is 9.87 Å². The molecule has 214 valence electrons. The van der Waals surface area contributed by atoms with Gasteiger partial charge in [0.25, 0.3) is 10.0 Å². The molecule has 1 atom stereocenters. The van der Waals surface area contributed by atoms with Crippen LogP contribution >= 0.6 is 34.8 Å². The molecule has 12 heteroatoms. The van der Waals surface area contributed by atoms with Gasteiger partial charge >= 0.3 is 0 Å². The number of nitrogens with zero attached hydrogens (tertiary/aromatic N) is 2. The van der Waals surface area contributed by atoms with Gasteiger partial charge in [-0.25, -0.2) is 8.42 Å². The van der Waals surface area contributed by atoms with E-state index in [1.54, 1.807) is 43.3 Å². The third kappa shape index (κ3) is 7.20. The number of anilines is 1. The molecule has 1 unspecified atom stereocenters. The molecule has 0 aliphatic heterocycles. The molecule has 0 radical (unpaired) electrons. The summed E-state index contributed by atoms with van der Waals surface area (Å²) in [5, 5.41) is 3.45. The molecule has 3 aromatic carbocycles. The monoisotopic (exact) mass is 625 g/mol. The van der Waals surface area contributed by atoms with Gasteiger partial charge in [-0.3, -0.25) is 13.9 Å². The van der Waals surface area contributed by atoms with Crippen LogP contribution < -0.4 is 14.4 Å². The van der Waals surface area contributed by atoms with Gasteiger partial charge in [-0.15, -0.1) is 0 Å². The van der Waals surface area contributed by atoms with Gasteiger partial charge in [0, 0.05) is 18.6 Å². The van der Waals surface area contributed by atoms with Crippen molar-refractivity contribution in [3.8, 4) is 5.75 Å². The average Bonchev–Trinajstić information content (AvgIpc) is 2.93. The molecule has 0 saturated heterocycles. The maximum absolute atomic E-state index is 14.0. The first kappa shape index (κ1) is 31.5. The number of aryl methyl sites for hydroxylation is 1. The second-order valence-corrected chi connectivity index (χ2v) is 12.1. The zero-order valence-electron chi connectivity index (χ0n) is 22.4. The Morgan fingerprint density at radius 1 is 0.975 bits per heavy atom. The Morgan fingerprint density at radius 2 is 1.65 bits per heavy atom. The lowest BCUT2D eigenvalue weighted by Gasteiger charge is -2.33. The quantitative estimate of drug-likeness (QED) is 0.294. The van der Waals surface area contributed by atoms with Crippen LogP contribution in [-0.2, 0) is 26.2 Å². The van der Waals surface area contributed by atoms with Crippen LogP contribution in [0.4, 0.5) is 5.69 Å². The van der Waals surface area contributed by atoms with Crippen LogP contribution in [0, 0.1) is 6.92 Å². The van der Waals surface area contributed by atoms with Crippen LogP contribution in [0.2, 0.25) is 15.1 Å². The van der Waals surface area contributed by atoms with Gasteiger partial charge in [0.15, 0.2) is 0 Å². The minimum atomic E-state index is -4.28. The number of hydrogen-bond acceptors (Lipinski definition) is 5. The van der Waals surface area contributed by atoms with Gasteiger partial charge in [0.2, 0.25) is 11.8 Å². The first-order valence-electron chi connectivity index (χ1n) is 12.3. The van der Waals surface area contributed by atoms with E-state index in [-0.39, 0.29) is 39.3 Å². The van der Waals surface area contributed by atoms with Crippen molar-refractivity contribution in [2.75, 3.05) is 25.0 Å². The summed E-state index contributed by atoms with van der Waals surface area (Å²) < 4.78 is 34.4. The predicted octanol–water partition coefficient (Wildman–Crippen LogP) is 5.71. The topological polar surface area (TPSA) is 96.0 Å². The zero-order chi connectivity index (χ0) is 29.6. The molecule has 0 aliphatic rings. The number of likely N-dealkylation sites (N-methyl/N-ethyl adjacent to an activating group) is 1. The van der Waals surface area contributed by atoms with E-state index in [9.17, 15) is 18.0 Å². The molecule has 0 bridgehead atoms. The van der Waals surface area contributed by atoms with Crippen molar-refractivity contribution in [1.29, 1.82) is 0 Å². The van der Waals surface area contributed by atoms with Crippen LogP contribution in [0.25, 0.3) is 0 Å². The Kier molecular flexibility index (Phi) is 10.7. The molecule has 0 fully saturated rings. The van der Waals surface area contributed by atoms with E-state index in [4.69, 9.17) is 39.5 Å². The van der Waals surface area contributed by atoms with Crippen molar-refractivity contribution in [1.82, 2.24) is 10.2 Å². The third-order valence-corrected chi connectivity index (χ3v) is 9.01. The first-order valence-corrected chi connectivity index (χ1v) is 14.9. The Hall–Kier alpha value is -2.98. The Balaban J connectivity index is 2.14. The number of sulfonamides is 1. The van der Waals surface area contributed by atoms with Gasteiger partial charge < -0.3 is 15.0 Å². The van der Waals surface area contributed by atoms with Crippen LogP contribution in [0.1, 0.15) is 24.5 Å². The second kappa shape index (κ2) is 13.6. The number of rotatable bonds is 11. The summed E-state index contributed by atoms with van der Waals surface area (Å²) in [7, 11) is -1.42. The number of benzene rings is 3. The summed E-state index contributed by atoms with van der Waals surface area (Å²) in [6, 6.07) is 14.7. The van der Waals surface area contributed by atoms with Crippen LogP contribution in [0.15, 0.2) is 65.6 Å². The zero-order valence-corrected chi connectivity index (χ0v) is 25.5.